The van der Waals surface area contributed by atoms with Gasteiger partial charge in [-0.25, -0.2) is 0 Å². The molecule has 0 bridgehead atoms. The van der Waals surface area contributed by atoms with Crippen molar-refractivity contribution in [1.82, 2.24) is 0 Å². The third-order valence-corrected chi connectivity index (χ3v) is 12.0. The molecule has 2 N–H and O–H groups in total. The van der Waals surface area contributed by atoms with Gasteiger partial charge in [-0.05, 0) is 38.5 Å². The second-order valence-corrected chi connectivity index (χ2v) is 17.3. The van der Waals surface area contributed by atoms with Crippen LogP contribution in [0.3, 0.4) is 0 Å². The highest BCUT2D eigenvalue weighted by molar-refractivity contribution is 4.71. The molecule has 5 unspecified atom stereocenters. The molecule has 0 radical (unpaired) electrons. The van der Waals surface area contributed by atoms with E-state index in [9.17, 15) is 10.2 Å². The summed E-state index contributed by atoms with van der Waals surface area (Å²) in [7, 11) is 0. The second kappa shape index (κ2) is 31.5. The van der Waals surface area contributed by atoms with E-state index in [0.717, 1.165) is 38.5 Å². The molecule has 4 fully saturated rings. The van der Waals surface area contributed by atoms with E-state index in [0.29, 0.717) is 52.4 Å². The standard InChI is InChI=1S/C45H84O10/c46-38(28-48-32-43-35-54-44(37-53-43)36-52-41-24-18-12-6-3-7-13-19-25-41)29-49-33-45(55-42-26-20-14-8-9-15-21-27-42)34-50-30-39(47)31-51-40-22-16-10-4-1-2-5-11-17-23-40/h38-47H,1-37H2. The van der Waals surface area contributed by atoms with E-state index >= 15 is 0 Å². The number of aliphatic hydroxyl groups is 2. The number of ether oxygens (including phenoxy) is 8. The van der Waals surface area contributed by atoms with E-state index in [2.05, 4.69) is 0 Å². The molecule has 0 aromatic rings. The minimum atomic E-state index is -0.764. The summed E-state index contributed by atoms with van der Waals surface area (Å²) in [6, 6.07) is 0. The van der Waals surface area contributed by atoms with Crippen LogP contribution in [0.1, 0.15) is 173 Å². The van der Waals surface area contributed by atoms with Gasteiger partial charge in [-0.15, -0.1) is 0 Å². The lowest BCUT2D eigenvalue weighted by Gasteiger charge is -2.30. The highest BCUT2D eigenvalue weighted by Gasteiger charge is 2.25. The quantitative estimate of drug-likeness (QED) is 0.124. The van der Waals surface area contributed by atoms with Crippen LogP contribution in [-0.4, -0.2) is 125 Å². The Bertz CT molecular complexity index is 841. The van der Waals surface area contributed by atoms with Gasteiger partial charge < -0.3 is 48.1 Å². The van der Waals surface area contributed by atoms with E-state index in [-0.39, 0.29) is 50.3 Å². The summed E-state index contributed by atoms with van der Waals surface area (Å²) in [6.07, 6.45) is 32.4. The average molecular weight is 785 g/mol. The van der Waals surface area contributed by atoms with Crippen molar-refractivity contribution in [3.63, 3.8) is 0 Å². The van der Waals surface area contributed by atoms with Crippen LogP contribution in [0.15, 0.2) is 0 Å². The highest BCUT2D eigenvalue weighted by Crippen LogP contribution is 2.23. The van der Waals surface area contributed by atoms with Gasteiger partial charge in [0, 0.05) is 0 Å². The van der Waals surface area contributed by atoms with E-state index < -0.39 is 12.2 Å². The predicted molar refractivity (Wildman–Crippen MR) is 217 cm³/mol. The van der Waals surface area contributed by atoms with Gasteiger partial charge in [0.05, 0.1) is 84.4 Å². The van der Waals surface area contributed by atoms with Gasteiger partial charge in [0.1, 0.15) is 30.5 Å². The fourth-order valence-corrected chi connectivity index (χ4v) is 8.55. The highest BCUT2D eigenvalue weighted by atomic mass is 16.6. The normalized spacial score (nSPS) is 26.5. The fourth-order valence-electron chi connectivity index (χ4n) is 8.55. The Balaban J connectivity index is 1.09. The summed E-state index contributed by atoms with van der Waals surface area (Å²) in [5.74, 6) is 0. The van der Waals surface area contributed by atoms with Gasteiger partial charge >= 0.3 is 0 Å². The number of aliphatic hydroxyl groups excluding tert-OH is 2. The van der Waals surface area contributed by atoms with Gasteiger partial charge in [-0.2, -0.15) is 0 Å². The summed E-state index contributed by atoms with van der Waals surface area (Å²) in [6.45, 7) is 3.36. The Morgan fingerprint density at radius 1 is 0.382 bits per heavy atom. The van der Waals surface area contributed by atoms with Crippen molar-refractivity contribution in [2.24, 2.45) is 0 Å². The zero-order valence-electron chi connectivity index (χ0n) is 34.9. The third-order valence-electron chi connectivity index (χ3n) is 12.0. The second-order valence-electron chi connectivity index (χ2n) is 17.3. The molecule has 0 aromatic carbocycles. The maximum atomic E-state index is 10.7. The monoisotopic (exact) mass is 785 g/mol. The Morgan fingerprint density at radius 2 is 0.745 bits per heavy atom. The van der Waals surface area contributed by atoms with Gasteiger partial charge in [0.2, 0.25) is 0 Å². The largest absolute Gasteiger partial charge is 0.388 e. The van der Waals surface area contributed by atoms with E-state index in [1.807, 2.05) is 0 Å². The number of hydrogen-bond acceptors (Lipinski definition) is 10. The first kappa shape index (κ1) is 47.3. The van der Waals surface area contributed by atoms with Crippen molar-refractivity contribution in [3.8, 4) is 0 Å². The van der Waals surface area contributed by atoms with Crippen LogP contribution >= 0.6 is 0 Å². The Morgan fingerprint density at radius 3 is 1.20 bits per heavy atom. The first-order chi connectivity index (χ1) is 27.1. The molecule has 5 atom stereocenters. The van der Waals surface area contributed by atoms with Gasteiger partial charge in [-0.3, -0.25) is 0 Å². The van der Waals surface area contributed by atoms with Gasteiger partial charge in [0.15, 0.2) is 0 Å². The van der Waals surface area contributed by atoms with E-state index in [4.69, 9.17) is 37.9 Å². The first-order valence-electron chi connectivity index (χ1n) is 23.3. The summed E-state index contributed by atoms with van der Waals surface area (Å²) in [4.78, 5) is 0. The molecule has 1 heterocycles. The van der Waals surface area contributed by atoms with Crippen molar-refractivity contribution in [3.05, 3.63) is 0 Å². The predicted octanol–water partition coefficient (Wildman–Crippen LogP) is 8.64. The Kier molecular flexibility index (Phi) is 27.1. The molecule has 0 amide bonds. The van der Waals surface area contributed by atoms with Gasteiger partial charge in [-0.1, -0.05) is 135 Å². The molecule has 10 nitrogen and oxygen atoms in total. The fraction of sp³-hybridized carbons (Fsp3) is 1.00. The van der Waals surface area contributed by atoms with Crippen molar-refractivity contribution in [1.29, 1.82) is 0 Å². The zero-order valence-corrected chi connectivity index (χ0v) is 34.9. The van der Waals surface area contributed by atoms with Crippen LogP contribution in [0, 0.1) is 0 Å². The molecule has 4 rings (SSSR count). The summed E-state index contributed by atoms with van der Waals surface area (Å²) in [5.41, 5.74) is 0. The van der Waals surface area contributed by atoms with Crippen LogP contribution in [-0.2, 0) is 37.9 Å². The van der Waals surface area contributed by atoms with E-state index in [1.54, 1.807) is 0 Å². The summed E-state index contributed by atoms with van der Waals surface area (Å²) in [5, 5.41) is 21.4. The van der Waals surface area contributed by atoms with Crippen LogP contribution < -0.4 is 0 Å². The van der Waals surface area contributed by atoms with Crippen LogP contribution in [0.25, 0.3) is 0 Å². The topological polar surface area (TPSA) is 114 Å². The molecule has 0 spiro atoms. The maximum Gasteiger partial charge on any atom is 0.104 e. The minimum absolute atomic E-state index is 0.0388. The molecule has 1 aliphatic heterocycles. The Labute approximate surface area is 335 Å². The molecular weight excluding hydrogens is 700 g/mol. The average Bonchev–Trinajstić information content (AvgIpc) is 3.28. The molecule has 0 aromatic heterocycles. The van der Waals surface area contributed by atoms with E-state index in [1.165, 1.54) is 135 Å². The van der Waals surface area contributed by atoms with Gasteiger partial charge in [0.25, 0.3) is 0 Å². The molecule has 55 heavy (non-hydrogen) atoms. The molecule has 10 heteroatoms. The smallest absolute Gasteiger partial charge is 0.104 e. The Hall–Kier alpha value is -0.400. The van der Waals surface area contributed by atoms with Crippen LogP contribution in [0.2, 0.25) is 0 Å². The maximum absolute atomic E-state index is 10.7. The molecule has 324 valence electrons. The molecule has 3 saturated carbocycles. The lowest BCUT2D eigenvalue weighted by Crippen LogP contribution is -2.41. The van der Waals surface area contributed by atoms with Crippen molar-refractivity contribution >= 4 is 0 Å². The lowest BCUT2D eigenvalue weighted by molar-refractivity contribution is -0.175. The van der Waals surface area contributed by atoms with Crippen molar-refractivity contribution in [2.45, 2.75) is 222 Å². The molecule has 3 aliphatic carbocycles. The SMILES string of the molecule is OC(COCC1COC(COC2CCCCCCCCC2)CO1)COCC(COCC(O)COC1CCCCCCCCCC1)OC1CCCCCCCC1. The van der Waals surface area contributed by atoms with Crippen molar-refractivity contribution in [2.75, 3.05) is 66.1 Å². The minimum Gasteiger partial charge on any atom is -0.388 e. The molecule has 1 saturated heterocycles. The summed E-state index contributed by atoms with van der Waals surface area (Å²) < 4.78 is 49.0. The molecule has 4 aliphatic rings. The van der Waals surface area contributed by atoms with Crippen LogP contribution in [0.5, 0.6) is 0 Å². The third kappa shape index (κ3) is 23.7. The van der Waals surface area contributed by atoms with Crippen molar-refractivity contribution < 1.29 is 48.1 Å². The zero-order chi connectivity index (χ0) is 38.4. The lowest BCUT2D eigenvalue weighted by atomic mass is 9.99. The number of hydrogen-bond donors (Lipinski definition) is 2. The van der Waals surface area contributed by atoms with Crippen LogP contribution in [0.4, 0.5) is 0 Å². The molecular formula is C45H84O10. The number of rotatable bonds is 20. The summed E-state index contributed by atoms with van der Waals surface area (Å²) >= 11 is 0. The first-order valence-corrected chi connectivity index (χ1v) is 23.3.